The van der Waals surface area contributed by atoms with Crippen molar-refractivity contribution in [1.82, 2.24) is 0 Å². The lowest BCUT2D eigenvalue weighted by atomic mass is 9.76. The van der Waals surface area contributed by atoms with E-state index in [1.165, 1.54) is 38.2 Å². The number of nitro benzene ring substituents is 1. The Hall–Kier alpha value is -1.58. The number of hydrogen-bond donors (Lipinski definition) is 1. The summed E-state index contributed by atoms with van der Waals surface area (Å²) in [4.78, 5) is 10.3. The lowest BCUT2D eigenvalue weighted by molar-refractivity contribution is -0.384. The van der Waals surface area contributed by atoms with Gasteiger partial charge >= 0.3 is 0 Å². The highest BCUT2D eigenvalue weighted by Crippen LogP contribution is 2.35. The summed E-state index contributed by atoms with van der Waals surface area (Å²) >= 11 is 0. The van der Waals surface area contributed by atoms with Gasteiger partial charge in [-0.1, -0.05) is 32.3 Å². The average molecular weight is 248 g/mol. The fourth-order valence-corrected chi connectivity index (χ4v) is 2.63. The molecule has 98 valence electrons. The van der Waals surface area contributed by atoms with E-state index in [1.54, 1.807) is 12.1 Å². The van der Waals surface area contributed by atoms with Gasteiger partial charge in [0.05, 0.1) is 4.92 Å². The zero-order valence-electron chi connectivity index (χ0n) is 10.8. The quantitative estimate of drug-likeness (QED) is 0.647. The summed E-state index contributed by atoms with van der Waals surface area (Å²) < 4.78 is 0. The minimum Gasteiger partial charge on any atom is -0.384 e. The average Bonchev–Trinajstić information content (AvgIpc) is 2.38. The van der Waals surface area contributed by atoms with E-state index in [2.05, 4.69) is 12.2 Å². The molecular formula is C14H20N2O2. The maximum absolute atomic E-state index is 10.7. The highest BCUT2D eigenvalue weighted by atomic mass is 16.6. The van der Waals surface area contributed by atoms with Crippen molar-refractivity contribution >= 4 is 11.4 Å². The first-order chi connectivity index (χ1) is 8.59. The summed E-state index contributed by atoms with van der Waals surface area (Å²) in [6.45, 7) is 3.20. The molecule has 1 saturated carbocycles. The fourth-order valence-electron chi connectivity index (χ4n) is 2.63. The van der Waals surface area contributed by atoms with Gasteiger partial charge < -0.3 is 5.32 Å². The van der Waals surface area contributed by atoms with Gasteiger partial charge in [-0.05, 0) is 24.3 Å². The van der Waals surface area contributed by atoms with Crippen LogP contribution in [0.15, 0.2) is 24.3 Å². The topological polar surface area (TPSA) is 55.2 Å². The summed E-state index contributed by atoms with van der Waals surface area (Å²) in [5, 5.41) is 14.0. The van der Waals surface area contributed by atoms with Gasteiger partial charge in [0.25, 0.3) is 5.69 Å². The Balaban J connectivity index is 1.97. The molecule has 0 aromatic heterocycles. The van der Waals surface area contributed by atoms with Gasteiger partial charge in [0.1, 0.15) is 0 Å². The Morgan fingerprint density at radius 3 is 2.72 bits per heavy atom. The molecule has 1 N–H and O–H groups in total. The smallest absolute Gasteiger partial charge is 0.271 e. The van der Waals surface area contributed by atoms with Crippen LogP contribution in [0.5, 0.6) is 0 Å². The zero-order chi connectivity index (χ0) is 13.0. The van der Waals surface area contributed by atoms with Crippen LogP contribution < -0.4 is 5.32 Å². The molecule has 1 aromatic rings. The number of nitrogens with one attached hydrogen (secondary N) is 1. The van der Waals surface area contributed by atoms with Crippen molar-refractivity contribution in [2.24, 2.45) is 5.41 Å². The maximum Gasteiger partial charge on any atom is 0.271 e. The minimum absolute atomic E-state index is 0.147. The number of non-ortho nitro benzene ring substituents is 1. The minimum atomic E-state index is -0.354. The van der Waals surface area contributed by atoms with Crippen LogP contribution in [0.3, 0.4) is 0 Å². The van der Waals surface area contributed by atoms with Crippen molar-refractivity contribution in [1.29, 1.82) is 0 Å². The molecule has 1 aromatic carbocycles. The molecule has 0 aliphatic heterocycles. The molecule has 2 rings (SSSR count). The van der Waals surface area contributed by atoms with Crippen molar-refractivity contribution in [3.8, 4) is 0 Å². The Morgan fingerprint density at radius 1 is 1.33 bits per heavy atom. The van der Waals surface area contributed by atoms with E-state index < -0.39 is 0 Å². The third kappa shape index (κ3) is 3.22. The molecule has 0 unspecified atom stereocenters. The standard InChI is InChI=1S/C14H20N2O2/c1-14(8-3-2-4-9-14)11-15-12-6-5-7-13(10-12)16(17)18/h5-7,10,15H,2-4,8-9,11H2,1H3. The van der Waals surface area contributed by atoms with E-state index in [1.807, 2.05) is 6.07 Å². The van der Waals surface area contributed by atoms with Crippen LogP contribution in [-0.4, -0.2) is 11.5 Å². The molecule has 0 saturated heterocycles. The lowest BCUT2D eigenvalue weighted by Gasteiger charge is -2.34. The van der Waals surface area contributed by atoms with Crippen LogP contribution in [0.1, 0.15) is 39.0 Å². The van der Waals surface area contributed by atoms with E-state index in [9.17, 15) is 10.1 Å². The van der Waals surface area contributed by atoms with Crippen molar-refractivity contribution in [2.45, 2.75) is 39.0 Å². The van der Waals surface area contributed by atoms with E-state index >= 15 is 0 Å². The molecule has 0 radical (unpaired) electrons. The van der Waals surface area contributed by atoms with Crippen LogP contribution in [0.4, 0.5) is 11.4 Å². The second kappa shape index (κ2) is 5.38. The van der Waals surface area contributed by atoms with Crippen LogP contribution in [0.25, 0.3) is 0 Å². The summed E-state index contributed by atoms with van der Waals surface area (Å²) in [5.41, 5.74) is 1.33. The van der Waals surface area contributed by atoms with Crippen molar-refractivity contribution in [2.75, 3.05) is 11.9 Å². The van der Waals surface area contributed by atoms with E-state index in [0.29, 0.717) is 5.41 Å². The number of hydrogen-bond acceptors (Lipinski definition) is 3. The first-order valence-corrected chi connectivity index (χ1v) is 6.57. The Labute approximate surface area is 108 Å². The molecule has 4 heteroatoms. The highest BCUT2D eigenvalue weighted by molar-refractivity contribution is 5.51. The van der Waals surface area contributed by atoms with E-state index in [0.717, 1.165) is 12.2 Å². The summed E-state index contributed by atoms with van der Waals surface area (Å²) in [5.74, 6) is 0. The van der Waals surface area contributed by atoms with Crippen LogP contribution in [0.2, 0.25) is 0 Å². The first kappa shape index (κ1) is 12.9. The Morgan fingerprint density at radius 2 is 2.06 bits per heavy atom. The van der Waals surface area contributed by atoms with Gasteiger partial charge in [-0.15, -0.1) is 0 Å². The second-order valence-corrected chi connectivity index (χ2v) is 5.53. The number of benzene rings is 1. The van der Waals surface area contributed by atoms with Gasteiger partial charge in [0.2, 0.25) is 0 Å². The van der Waals surface area contributed by atoms with Crippen molar-refractivity contribution < 1.29 is 4.92 Å². The second-order valence-electron chi connectivity index (χ2n) is 5.53. The molecule has 1 aliphatic rings. The van der Waals surface area contributed by atoms with Gasteiger partial charge in [0.15, 0.2) is 0 Å². The van der Waals surface area contributed by atoms with Crippen LogP contribution in [-0.2, 0) is 0 Å². The molecule has 1 aliphatic carbocycles. The van der Waals surface area contributed by atoms with Gasteiger partial charge in [0, 0.05) is 24.4 Å². The third-order valence-corrected chi connectivity index (χ3v) is 3.84. The zero-order valence-corrected chi connectivity index (χ0v) is 10.8. The molecule has 0 spiro atoms. The van der Waals surface area contributed by atoms with Crippen molar-refractivity contribution in [3.05, 3.63) is 34.4 Å². The molecule has 0 bridgehead atoms. The molecule has 1 fully saturated rings. The number of nitro groups is 1. The molecular weight excluding hydrogens is 228 g/mol. The largest absolute Gasteiger partial charge is 0.384 e. The Kier molecular flexibility index (Phi) is 3.84. The lowest BCUT2D eigenvalue weighted by Crippen LogP contribution is -2.28. The first-order valence-electron chi connectivity index (χ1n) is 6.57. The third-order valence-electron chi connectivity index (χ3n) is 3.84. The highest BCUT2D eigenvalue weighted by Gasteiger charge is 2.26. The SMILES string of the molecule is CC1(CNc2cccc([N+](=O)[O-])c2)CCCCC1. The number of anilines is 1. The van der Waals surface area contributed by atoms with Crippen LogP contribution in [0, 0.1) is 15.5 Å². The van der Waals surface area contributed by atoms with Gasteiger partial charge in [-0.2, -0.15) is 0 Å². The van der Waals surface area contributed by atoms with Gasteiger partial charge in [-0.25, -0.2) is 0 Å². The predicted molar refractivity (Wildman–Crippen MR) is 72.8 cm³/mol. The monoisotopic (exact) mass is 248 g/mol. The number of nitrogens with zero attached hydrogens (tertiary/aromatic N) is 1. The van der Waals surface area contributed by atoms with E-state index in [4.69, 9.17) is 0 Å². The maximum atomic E-state index is 10.7. The normalized spacial score (nSPS) is 18.3. The summed E-state index contributed by atoms with van der Waals surface area (Å²) in [6, 6.07) is 6.74. The van der Waals surface area contributed by atoms with E-state index in [-0.39, 0.29) is 10.6 Å². The van der Waals surface area contributed by atoms with Gasteiger partial charge in [-0.3, -0.25) is 10.1 Å². The molecule has 0 heterocycles. The molecule has 4 nitrogen and oxygen atoms in total. The molecule has 0 amide bonds. The summed E-state index contributed by atoms with van der Waals surface area (Å²) in [7, 11) is 0. The van der Waals surface area contributed by atoms with Crippen LogP contribution >= 0.6 is 0 Å². The predicted octanol–water partition coefficient (Wildman–Crippen LogP) is 3.98. The molecule has 0 atom stereocenters. The molecule has 18 heavy (non-hydrogen) atoms. The number of rotatable bonds is 4. The fraction of sp³-hybridized carbons (Fsp3) is 0.571. The van der Waals surface area contributed by atoms with Crippen molar-refractivity contribution in [3.63, 3.8) is 0 Å². The Bertz CT molecular complexity index is 426. The summed E-state index contributed by atoms with van der Waals surface area (Å²) in [6.07, 6.45) is 6.43.